The molecule has 1 heterocycles. The number of hydrogen-bond donors (Lipinski definition) is 0. The van der Waals surface area contributed by atoms with Crippen LogP contribution < -0.4 is 0 Å². The molecule has 3 aromatic rings. The number of hydrogen-bond acceptors (Lipinski definition) is 4. The molecule has 0 saturated heterocycles. The van der Waals surface area contributed by atoms with Gasteiger partial charge in [0.15, 0.2) is 5.78 Å². The van der Waals surface area contributed by atoms with Gasteiger partial charge >= 0.3 is 0 Å². The van der Waals surface area contributed by atoms with Crippen molar-refractivity contribution in [2.75, 3.05) is 0 Å². The molecule has 0 radical (unpaired) electrons. The zero-order chi connectivity index (χ0) is 18.7. The quantitative estimate of drug-likeness (QED) is 0.255. The molecule has 2 aromatic carbocycles. The first kappa shape index (κ1) is 17.6. The van der Waals surface area contributed by atoms with E-state index in [0.29, 0.717) is 11.3 Å². The molecule has 3 rings (SSSR count). The van der Waals surface area contributed by atoms with Gasteiger partial charge in [-0.25, -0.2) is 4.39 Å². The van der Waals surface area contributed by atoms with Crippen LogP contribution in [-0.2, 0) is 0 Å². The van der Waals surface area contributed by atoms with Crippen LogP contribution >= 0.6 is 11.6 Å². The number of rotatable bonds is 5. The molecule has 7 heteroatoms. The Bertz CT molecular complexity index is 1010. The van der Waals surface area contributed by atoms with Crippen LogP contribution in [0, 0.1) is 15.9 Å². The third kappa shape index (κ3) is 3.87. The smallest absolute Gasteiger partial charge is 0.281 e. The molecule has 0 bridgehead atoms. The summed E-state index contributed by atoms with van der Waals surface area (Å²) in [7, 11) is 0. The van der Waals surface area contributed by atoms with E-state index in [2.05, 4.69) is 0 Å². The fraction of sp³-hybridized carbons (Fsp3) is 0. The predicted octanol–water partition coefficient (Wildman–Crippen LogP) is 5.54. The average molecular weight is 372 g/mol. The number of carbonyl (C=O) groups is 1. The van der Waals surface area contributed by atoms with Crippen molar-refractivity contribution < 1.29 is 18.5 Å². The van der Waals surface area contributed by atoms with Gasteiger partial charge in [0.1, 0.15) is 17.3 Å². The molecule has 0 aliphatic rings. The van der Waals surface area contributed by atoms with Gasteiger partial charge in [0.2, 0.25) is 0 Å². The van der Waals surface area contributed by atoms with E-state index in [1.807, 2.05) is 0 Å². The summed E-state index contributed by atoms with van der Waals surface area (Å²) in [6, 6.07) is 12.6. The molecule has 0 fully saturated rings. The number of halogens is 2. The summed E-state index contributed by atoms with van der Waals surface area (Å²) in [5.41, 5.74) is 0.441. The van der Waals surface area contributed by atoms with E-state index in [4.69, 9.17) is 16.0 Å². The second-order valence-electron chi connectivity index (χ2n) is 5.33. The van der Waals surface area contributed by atoms with Gasteiger partial charge in [-0.15, -0.1) is 0 Å². The summed E-state index contributed by atoms with van der Waals surface area (Å²) in [6.07, 6.45) is 2.73. The largest absolute Gasteiger partial charge is 0.456 e. The normalized spacial score (nSPS) is 11.0. The third-order valence-electron chi connectivity index (χ3n) is 3.58. The summed E-state index contributed by atoms with van der Waals surface area (Å²) >= 11 is 5.80. The van der Waals surface area contributed by atoms with Crippen molar-refractivity contribution in [2.24, 2.45) is 0 Å². The third-order valence-corrected chi connectivity index (χ3v) is 3.81. The highest BCUT2D eigenvalue weighted by atomic mass is 35.5. The van der Waals surface area contributed by atoms with Crippen molar-refractivity contribution in [3.8, 4) is 11.3 Å². The Labute approximate surface area is 152 Å². The first-order valence-corrected chi connectivity index (χ1v) is 7.84. The molecule has 5 nitrogen and oxygen atoms in total. The predicted molar refractivity (Wildman–Crippen MR) is 95.6 cm³/mol. The Kier molecular flexibility index (Phi) is 4.95. The van der Waals surface area contributed by atoms with Crippen LogP contribution in [0.3, 0.4) is 0 Å². The van der Waals surface area contributed by atoms with Crippen LogP contribution in [0.1, 0.15) is 16.1 Å². The minimum atomic E-state index is -0.544. The average Bonchev–Trinajstić information content (AvgIpc) is 3.09. The van der Waals surface area contributed by atoms with Crippen molar-refractivity contribution in [3.05, 3.63) is 93.0 Å². The van der Waals surface area contributed by atoms with Crippen molar-refractivity contribution >= 4 is 29.1 Å². The van der Waals surface area contributed by atoms with Crippen molar-refractivity contribution in [2.45, 2.75) is 0 Å². The number of nitro groups is 1. The molecule has 26 heavy (non-hydrogen) atoms. The SMILES string of the molecule is O=C(/C=C/c1ccc(-c2ccc(Cl)cc2[N+](=O)[O-])o1)c1ccc(F)cc1. The number of benzene rings is 2. The van der Waals surface area contributed by atoms with Gasteiger partial charge in [0, 0.05) is 16.7 Å². The number of ketones is 1. The van der Waals surface area contributed by atoms with Crippen molar-refractivity contribution in [1.82, 2.24) is 0 Å². The Morgan fingerprint density at radius 1 is 1.12 bits per heavy atom. The van der Waals surface area contributed by atoms with Crippen molar-refractivity contribution in [1.29, 1.82) is 0 Å². The zero-order valence-corrected chi connectivity index (χ0v) is 13.9. The van der Waals surface area contributed by atoms with Crippen molar-refractivity contribution in [3.63, 3.8) is 0 Å². The number of allylic oxidation sites excluding steroid dienone is 1. The Morgan fingerprint density at radius 2 is 1.85 bits per heavy atom. The van der Waals surface area contributed by atoms with E-state index in [9.17, 15) is 19.3 Å². The number of nitro benzene ring substituents is 1. The van der Waals surface area contributed by atoms with E-state index in [-0.39, 0.29) is 27.8 Å². The molecular weight excluding hydrogens is 361 g/mol. The fourth-order valence-corrected chi connectivity index (χ4v) is 2.49. The van der Waals surface area contributed by atoms with Crippen LogP contribution in [-0.4, -0.2) is 10.7 Å². The van der Waals surface area contributed by atoms with Crippen LogP contribution in [0.15, 0.2) is 65.1 Å². The number of carbonyl (C=O) groups excluding carboxylic acids is 1. The maximum Gasteiger partial charge on any atom is 0.281 e. The second kappa shape index (κ2) is 7.33. The minimum absolute atomic E-state index is 0.176. The lowest BCUT2D eigenvalue weighted by atomic mass is 10.1. The lowest BCUT2D eigenvalue weighted by Gasteiger charge is -2.00. The Balaban J connectivity index is 1.83. The highest BCUT2D eigenvalue weighted by Crippen LogP contribution is 2.33. The topological polar surface area (TPSA) is 73.3 Å². The highest BCUT2D eigenvalue weighted by molar-refractivity contribution is 6.30. The summed E-state index contributed by atoms with van der Waals surface area (Å²) in [4.78, 5) is 22.7. The lowest BCUT2D eigenvalue weighted by Crippen LogP contribution is -1.93. The fourth-order valence-electron chi connectivity index (χ4n) is 2.32. The molecule has 130 valence electrons. The molecule has 1 aromatic heterocycles. The Hall–Kier alpha value is -3.25. The summed E-state index contributed by atoms with van der Waals surface area (Å²) in [5, 5.41) is 11.4. The Morgan fingerprint density at radius 3 is 2.54 bits per heavy atom. The molecular formula is C19H11ClFNO4. The number of furan rings is 1. The van der Waals surface area contributed by atoms with Crippen LogP contribution in [0.2, 0.25) is 5.02 Å². The van der Waals surface area contributed by atoms with E-state index in [1.54, 1.807) is 12.1 Å². The van der Waals surface area contributed by atoms with Gasteiger partial charge in [-0.3, -0.25) is 14.9 Å². The molecule has 0 saturated carbocycles. The molecule has 0 N–H and O–H groups in total. The minimum Gasteiger partial charge on any atom is -0.456 e. The van der Waals surface area contributed by atoms with Gasteiger partial charge in [0.25, 0.3) is 5.69 Å². The van der Waals surface area contributed by atoms with Crippen LogP contribution in [0.4, 0.5) is 10.1 Å². The first-order chi connectivity index (χ1) is 12.4. The molecule has 0 atom stereocenters. The van der Waals surface area contributed by atoms with Gasteiger partial charge in [-0.1, -0.05) is 11.6 Å². The molecule has 0 spiro atoms. The van der Waals surface area contributed by atoms with Gasteiger partial charge in [-0.2, -0.15) is 0 Å². The van der Waals surface area contributed by atoms with Gasteiger partial charge in [0.05, 0.1) is 10.5 Å². The molecule has 0 aliphatic carbocycles. The van der Waals surface area contributed by atoms with E-state index >= 15 is 0 Å². The summed E-state index contributed by atoms with van der Waals surface area (Å²) in [5.74, 6) is -0.117. The summed E-state index contributed by atoms with van der Waals surface area (Å²) in [6.45, 7) is 0. The molecule has 0 amide bonds. The standard InChI is InChI=1S/C19H11ClFNO4/c20-13-3-8-16(17(11-13)22(24)25)19-10-7-15(26-19)6-9-18(23)12-1-4-14(21)5-2-12/h1-11H/b9-6+. The maximum absolute atomic E-state index is 12.9. The second-order valence-corrected chi connectivity index (χ2v) is 5.76. The van der Waals surface area contributed by atoms with Gasteiger partial charge < -0.3 is 4.42 Å². The van der Waals surface area contributed by atoms with Crippen LogP contribution in [0.25, 0.3) is 17.4 Å². The monoisotopic (exact) mass is 371 g/mol. The summed E-state index contributed by atoms with van der Waals surface area (Å²) < 4.78 is 18.4. The molecule has 0 aliphatic heterocycles. The first-order valence-electron chi connectivity index (χ1n) is 7.46. The van der Waals surface area contributed by atoms with E-state index < -0.39 is 10.7 Å². The highest BCUT2D eigenvalue weighted by Gasteiger charge is 2.18. The lowest BCUT2D eigenvalue weighted by molar-refractivity contribution is -0.384. The molecule has 0 unspecified atom stereocenters. The van der Waals surface area contributed by atoms with Gasteiger partial charge in [-0.05, 0) is 60.7 Å². The van der Waals surface area contributed by atoms with E-state index in [1.165, 1.54) is 54.6 Å². The number of nitrogens with zero attached hydrogens (tertiary/aromatic N) is 1. The van der Waals surface area contributed by atoms with Crippen LogP contribution in [0.5, 0.6) is 0 Å². The zero-order valence-electron chi connectivity index (χ0n) is 13.2. The van der Waals surface area contributed by atoms with E-state index in [0.717, 1.165) is 0 Å². The maximum atomic E-state index is 12.9.